The van der Waals surface area contributed by atoms with Gasteiger partial charge in [-0.2, -0.15) is 0 Å². The van der Waals surface area contributed by atoms with Crippen molar-refractivity contribution < 1.29 is 18.3 Å². The van der Waals surface area contributed by atoms with E-state index in [0.717, 1.165) is 43.4 Å². The molecular formula is C29H44Cl2N4O4S. The number of amides is 1. The van der Waals surface area contributed by atoms with Crippen molar-refractivity contribution in [3.05, 3.63) is 59.2 Å². The Morgan fingerprint density at radius 3 is 2.52 bits per heavy atom. The molecule has 0 saturated carbocycles. The molecule has 2 aliphatic heterocycles. The summed E-state index contributed by atoms with van der Waals surface area (Å²) >= 11 is 0. The van der Waals surface area contributed by atoms with Crippen LogP contribution < -0.4 is 15.4 Å². The maximum Gasteiger partial charge on any atom is 0.237 e. The molecule has 0 bridgehead atoms. The number of halogens is 2. The highest BCUT2D eigenvalue weighted by molar-refractivity contribution is 7.92. The van der Waals surface area contributed by atoms with Gasteiger partial charge in [0.05, 0.1) is 12.3 Å². The number of carbonyl (C=O) groups is 1. The molecule has 4 N–H and O–H groups in total. The number of anilines is 1. The summed E-state index contributed by atoms with van der Waals surface area (Å²) in [5.74, 6) is 1.00. The lowest BCUT2D eigenvalue weighted by molar-refractivity contribution is -0.124. The number of carbonyl (C=O) groups excluding carboxylic acids is 1. The van der Waals surface area contributed by atoms with E-state index in [0.29, 0.717) is 30.3 Å². The van der Waals surface area contributed by atoms with Crippen molar-refractivity contribution in [2.24, 2.45) is 11.8 Å². The Kier molecular flexibility index (Phi) is 11.7. The largest absolute Gasteiger partial charge is 0.508 e. The van der Waals surface area contributed by atoms with Crippen LogP contribution in [0, 0.1) is 11.8 Å². The number of rotatable bonds is 8. The maximum absolute atomic E-state index is 13.3. The highest BCUT2D eigenvalue weighted by Crippen LogP contribution is 2.40. The molecule has 0 aromatic heterocycles. The Hall–Kier alpha value is -2.04. The summed E-state index contributed by atoms with van der Waals surface area (Å²) in [6.07, 6.45) is 2.69. The van der Waals surface area contributed by atoms with Gasteiger partial charge >= 0.3 is 0 Å². The van der Waals surface area contributed by atoms with Gasteiger partial charge < -0.3 is 20.6 Å². The van der Waals surface area contributed by atoms with Gasteiger partial charge in [-0.25, -0.2) is 8.42 Å². The number of sulfonamides is 1. The average molecular weight is 616 g/mol. The van der Waals surface area contributed by atoms with Gasteiger partial charge in [-0.05, 0) is 77.6 Å². The van der Waals surface area contributed by atoms with Gasteiger partial charge in [-0.1, -0.05) is 45.9 Å². The van der Waals surface area contributed by atoms with Crippen LogP contribution in [0.25, 0.3) is 0 Å². The van der Waals surface area contributed by atoms with Gasteiger partial charge in [0, 0.05) is 31.4 Å². The second-order valence-corrected chi connectivity index (χ2v) is 13.5. The quantitative estimate of drug-likeness (QED) is 0.357. The van der Waals surface area contributed by atoms with E-state index in [1.54, 1.807) is 12.1 Å². The zero-order valence-corrected chi connectivity index (χ0v) is 26.4. The van der Waals surface area contributed by atoms with Crippen molar-refractivity contribution in [3.63, 3.8) is 0 Å². The molecule has 2 heterocycles. The highest BCUT2D eigenvalue weighted by atomic mass is 35.5. The van der Waals surface area contributed by atoms with Crippen molar-refractivity contribution in [1.82, 2.24) is 15.5 Å². The lowest BCUT2D eigenvalue weighted by Gasteiger charge is -2.46. The fraction of sp³-hybridized carbons (Fsp3) is 0.552. The first-order chi connectivity index (χ1) is 17.8. The van der Waals surface area contributed by atoms with E-state index in [1.165, 1.54) is 5.56 Å². The van der Waals surface area contributed by atoms with Crippen LogP contribution >= 0.6 is 24.8 Å². The summed E-state index contributed by atoms with van der Waals surface area (Å²) in [6.45, 7) is 12.0. The van der Waals surface area contributed by atoms with Crippen molar-refractivity contribution in [3.8, 4) is 5.75 Å². The van der Waals surface area contributed by atoms with E-state index in [-0.39, 0.29) is 54.1 Å². The fourth-order valence-corrected chi connectivity index (χ4v) is 6.29. The molecule has 2 aromatic carbocycles. The number of nitrogens with zero attached hydrogens (tertiary/aromatic N) is 1. The zero-order valence-electron chi connectivity index (χ0n) is 23.9. The lowest BCUT2D eigenvalue weighted by atomic mass is 9.68. The highest BCUT2D eigenvalue weighted by Gasteiger charge is 2.39. The Bertz CT molecular complexity index is 1280. The first-order valence-corrected chi connectivity index (χ1v) is 15.4. The lowest BCUT2D eigenvalue weighted by Crippen LogP contribution is -2.56. The smallest absolute Gasteiger partial charge is 0.237 e. The molecule has 11 heteroatoms. The van der Waals surface area contributed by atoms with E-state index in [1.807, 2.05) is 24.3 Å². The molecular weight excluding hydrogens is 571 g/mol. The van der Waals surface area contributed by atoms with Crippen LogP contribution in [0.1, 0.15) is 50.8 Å². The third-order valence-electron chi connectivity index (χ3n) is 8.45. The summed E-state index contributed by atoms with van der Waals surface area (Å²) in [5.41, 5.74) is 3.77. The Labute approximate surface area is 251 Å². The Morgan fingerprint density at radius 2 is 1.90 bits per heavy atom. The number of benzene rings is 2. The first kappa shape index (κ1) is 34.2. The van der Waals surface area contributed by atoms with Gasteiger partial charge in [0.15, 0.2) is 0 Å². The Balaban J connectivity index is 0.00000280. The number of phenolic OH excluding ortho intramolecular Hbond substituents is 1. The van der Waals surface area contributed by atoms with Gasteiger partial charge in [0.2, 0.25) is 15.9 Å². The van der Waals surface area contributed by atoms with E-state index >= 15 is 0 Å². The summed E-state index contributed by atoms with van der Waals surface area (Å²) in [4.78, 5) is 15.8. The van der Waals surface area contributed by atoms with Crippen molar-refractivity contribution in [2.75, 3.05) is 30.6 Å². The molecule has 4 rings (SSSR count). The topological polar surface area (TPSA) is 111 Å². The van der Waals surface area contributed by atoms with E-state index in [9.17, 15) is 18.3 Å². The van der Waals surface area contributed by atoms with Crippen LogP contribution in [0.3, 0.4) is 0 Å². The number of nitrogens with one attached hydrogen (secondary N) is 3. The third kappa shape index (κ3) is 8.26. The van der Waals surface area contributed by atoms with Crippen LogP contribution in [0.15, 0.2) is 42.5 Å². The molecule has 8 nitrogen and oxygen atoms in total. The second kappa shape index (κ2) is 13.7. The van der Waals surface area contributed by atoms with Gasteiger partial charge in [-0.15, -0.1) is 24.8 Å². The monoisotopic (exact) mass is 614 g/mol. The van der Waals surface area contributed by atoms with Crippen LogP contribution in [0.2, 0.25) is 0 Å². The second-order valence-electron chi connectivity index (χ2n) is 11.7. The van der Waals surface area contributed by atoms with Crippen LogP contribution in [0.4, 0.5) is 5.69 Å². The van der Waals surface area contributed by atoms with Crippen LogP contribution in [-0.2, 0) is 33.2 Å². The number of hydrogen-bond acceptors (Lipinski definition) is 6. The molecule has 0 unspecified atom stereocenters. The number of fused-ring (bicyclic) bond motifs is 1. The van der Waals surface area contributed by atoms with Crippen LogP contribution in [0.5, 0.6) is 5.75 Å². The summed E-state index contributed by atoms with van der Waals surface area (Å²) in [6, 6.07) is 12.8. The molecule has 2 aliphatic rings. The van der Waals surface area contributed by atoms with Crippen molar-refractivity contribution >= 4 is 46.4 Å². The Morgan fingerprint density at radius 1 is 1.18 bits per heavy atom. The molecule has 224 valence electrons. The number of likely N-dealkylation sites (tertiary alicyclic amines) is 1. The molecule has 4 atom stereocenters. The SMILES string of the molecule is CC(C)[C@@H](CN1CC[C@@](C)(c2cccc(O)c2)[C@@H](C)C1)NC(=O)[C@H]1Cc2ccc(NS(C)(=O)=O)cc2CN1.Cl.Cl. The molecule has 0 spiro atoms. The number of phenols is 1. The van der Waals surface area contributed by atoms with Gasteiger partial charge in [0.25, 0.3) is 0 Å². The molecule has 40 heavy (non-hydrogen) atoms. The molecule has 1 amide bonds. The predicted molar refractivity (Wildman–Crippen MR) is 166 cm³/mol. The standard InChI is InChI=1S/C29H42N4O4S.2ClH/c1-19(2)27(18-33-12-11-29(4,20(3)17-33)23-7-6-8-25(34)15-23)31-28(35)26-14-21-9-10-24(32-38(5,36)37)13-22(21)16-30-26;;/h6-10,13,15,19-20,26-27,30,32,34H,11-12,14,16-18H2,1-5H3,(H,31,35);2*1H/t20-,26+,27+,29+;;/m0../s1. The zero-order chi connectivity index (χ0) is 27.7. The molecule has 1 saturated heterocycles. The van der Waals surface area contributed by atoms with Gasteiger partial charge in [-0.3, -0.25) is 9.52 Å². The summed E-state index contributed by atoms with van der Waals surface area (Å²) < 4.78 is 25.6. The minimum atomic E-state index is -3.34. The predicted octanol–water partition coefficient (Wildman–Crippen LogP) is 4.06. The maximum atomic E-state index is 13.3. The van der Waals surface area contributed by atoms with E-state index in [2.05, 4.69) is 54.0 Å². The molecule has 0 aliphatic carbocycles. The number of hydrogen-bond donors (Lipinski definition) is 4. The van der Waals surface area contributed by atoms with Crippen molar-refractivity contribution in [1.29, 1.82) is 0 Å². The summed E-state index contributed by atoms with van der Waals surface area (Å²) in [7, 11) is -3.34. The van der Waals surface area contributed by atoms with Gasteiger partial charge in [0.1, 0.15) is 5.75 Å². The minimum Gasteiger partial charge on any atom is -0.508 e. The van der Waals surface area contributed by atoms with E-state index in [4.69, 9.17) is 0 Å². The average Bonchev–Trinajstić information content (AvgIpc) is 2.84. The molecule has 1 fully saturated rings. The number of piperidine rings is 1. The molecule has 0 radical (unpaired) electrons. The molecule has 2 aromatic rings. The minimum absolute atomic E-state index is 0. The summed E-state index contributed by atoms with van der Waals surface area (Å²) in [5, 5.41) is 16.6. The normalized spacial score (nSPS) is 23.8. The third-order valence-corrected chi connectivity index (χ3v) is 9.06. The number of aromatic hydroxyl groups is 1. The van der Waals surface area contributed by atoms with E-state index < -0.39 is 10.0 Å². The van der Waals surface area contributed by atoms with Crippen molar-refractivity contribution in [2.45, 2.75) is 64.6 Å². The fourth-order valence-electron chi connectivity index (χ4n) is 5.74. The first-order valence-electron chi connectivity index (χ1n) is 13.5. The van der Waals surface area contributed by atoms with Crippen LogP contribution in [-0.4, -0.2) is 62.3 Å².